The summed E-state index contributed by atoms with van der Waals surface area (Å²) in [6.45, 7) is 9.65. The van der Waals surface area contributed by atoms with Gasteiger partial charge in [-0.15, -0.1) is 0 Å². The molecule has 1 aliphatic rings. The van der Waals surface area contributed by atoms with Gasteiger partial charge < -0.3 is 20.1 Å². The summed E-state index contributed by atoms with van der Waals surface area (Å²) in [6.07, 6.45) is 3.61. The summed E-state index contributed by atoms with van der Waals surface area (Å²) < 4.78 is 5.47. The highest BCUT2D eigenvalue weighted by Crippen LogP contribution is 2.23. The van der Waals surface area contributed by atoms with Crippen LogP contribution in [0.2, 0.25) is 0 Å². The third kappa shape index (κ3) is 6.09. The number of likely N-dealkylation sites (tertiary alicyclic amines) is 1. The molecule has 0 aromatic rings. The van der Waals surface area contributed by atoms with E-state index in [1.807, 2.05) is 25.7 Å². The lowest BCUT2D eigenvalue weighted by atomic mass is 10.1. The van der Waals surface area contributed by atoms with Gasteiger partial charge in [0.1, 0.15) is 5.60 Å². The van der Waals surface area contributed by atoms with E-state index >= 15 is 0 Å². The van der Waals surface area contributed by atoms with E-state index in [1.54, 1.807) is 0 Å². The van der Waals surface area contributed by atoms with E-state index in [-0.39, 0.29) is 18.7 Å². The van der Waals surface area contributed by atoms with Gasteiger partial charge in [0.2, 0.25) is 0 Å². The van der Waals surface area contributed by atoms with Crippen LogP contribution >= 0.6 is 0 Å². The Balaban J connectivity index is 2.42. The van der Waals surface area contributed by atoms with Crippen molar-refractivity contribution in [2.24, 2.45) is 0 Å². The maximum atomic E-state index is 12.2. The Morgan fingerprint density at radius 3 is 2.80 bits per heavy atom. The van der Waals surface area contributed by atoms with E-state index in [0.717, 1.165) is 38.8 Å². The molecule has 2 unspecified atom stereocenters. The lowest BCUT2D eigenvalue weighted by molar-refractivity contribution is 0.0214. The number of nitrogens with one attached hydrogen (secondary N) is 1. The lowest BCUT2D eigenvalue weighted by Crippen LogP contribution is -2.42. The first-order valence-corrected chi connectivity index (χ1v) is 7.67. The monoisotopic (exact) mass is 286 g/mol. The Morgan fingerprint density at radius 2 is 2.20 bits per heavy atom. The van der Waals surface area contributed by atoms with E-state index in [2.05, 4.69) is 12.2 Å². The van der Waals surface area contributed by atoms with E-state index in [1.165, 1.54) is 0 Å². The number of amides is 1. The topological polar surface area (TPSA) is 61.8 Å². The molecule has 0 aliphatic carbocycles. The summed E-state index contributed by atoms with van der Waals surface area (Å²) in [4.78, 5) is 14.0. The van der Waals surface area contributed by atoms with Gasteiger partial charge in [-0.3, -0.25) is 0 Å². The van der Waals surface area contributed by atoms with Crippen LogP contribution in [0.1, 0.15) is 53.4 Å². The molecule has 1 amide bonds. The fraction of sp³-hybridized carbons (Fsp3) is 0.933. The van der Waals surface area contributed by atoms with Gasteiger partial charge in [0.25, 0.3) is 0 Å². The number of ether oxygens (including phenoxy) is 1. The van der Waals surface area contributed by atoms with Crippen molar-refractivity contribution >= 4 is 6.09 Å². The van der Waals surface area contributed by atoms with Crippen LogP contribution in [0.3, 0.4) is 0 Å². The van der Waals surface area contributed by atoms with E-state index in [9.17, 15) is 4.79 Å². The smallest absolute Gasteiger partial charge is 0.410 e. The van der Waals surface area contributed by atoms with Crippen molar-refractivity contribution in [3.05, 3.63) is 0 Å². The predicted molar refractivity (Wildman–Crippen MR) is 79.7 cm³/mol. The number of hydrogen-bond donors (Lipinski definition) is 2. The molecule has 0 spiro atoms. The molecule has 0 saturated carbocycles. The van der Waals surface area contributed by atoms with Crippen molar-refractivity contribution in [3.63, 3.8) is 0 Å². The first kappa shape index (κ1) is 17.2. The number of carbonyl (C=O) groups excluding carboxylic acids is 1. The minimum absolute atomic E-state index is 0.192. The quantitative estimate of drug-likeness (QED) is 0.734. The Bertz CT molecular complexity index is 302. The number of aliphatic hydroxyl groups is 1. The van der Waals surface area contributed by atoms with Crippen LogP contribution in [0.15, 0.2) is 0 Å². The molecule has 2 atom stereocenters. The van der Waals surface area contributed by atoms with Crippen molar-refractivity contribution in [1.29, 1.82) is 0 Å². The molecule has 1 aliphatic heterocycles. The highest BCUT2D eigenvalue weighted by molar-refractivity contribution is 5.68. The number of hydrogen-bond acceptors (Lipinski definition) is 4. The molecule has 0 aromatic heterocycles. The van der Waals surface area contributed by atoms with Gasteiger partial charge in [0.15, 0.2) is 0 Å². The number of aliphatic hydroxyl groups excluding tert-OH is 1. The molecule has 5 nitrogen and oxygen atoms in total. The maximum absolute atomic E-state index is 12.2. The number of carbonyl (C=O) groups is 1. The Hall–Kier alpha value is -0.810. The molecule has 0 aromatic carbocycles. The number of rotatable bonds is 6. The van der Waals surface area contributed by atoms with Crippen LogP contribution in [0.4, 0.5) is 4.79 Å². The minimum atomic E-state index is -0.435. The molecule has 1 rings (SSSR count). The summed E-state index contributed by atoms with van der Waals surface area (Å²) in [5.74, 6) is 0. The van der Waals surface area contributed by atoms with Crippen LogP contribution in [-0.2, 0) is 4.74 Å². The highest BCUT2D eigenvalue weighted by atomic mass is 16.6. The number of nitrogens with zero attached hydrogens (tertiary/aromatic N) is 1. The summed E-state index contributed by atoms with van der Waals surface area (Å²) in [7, 11) is 0. The van der Waals surface area contributed by atoms with E-state index < -0.39 is 5.60 Å². The van der Waals surface area contributed by atoms with Gasteiger partial charge >= 0.3 is 6.09 Å². The molecule has 20 heavy (non-hydrogen) atoms. The second kappa shape index (κ2) is 7.84. The minimum Gasteiger partial charge on any atom is -0.444 e. The fourth-order valence-corrected chi connectivity index (χ4v) is 2.56. The highest BCUT2D eigenvalue weighted by Gasteiger charge is 2.32. The summed E-state index contributed by atoms with van der Waals surface area (Å²) in [5.41, 5.74) is -0.435. The third-order valence-corrected chi connectivity index (χ3v) is 3.46. The largest absolute Gasteiger partial charge is 0.444 e. The van der Waals surface area contributed by atoms with Crippen molar-refractivity contribution < 1.29 is 14.6 Å². The molecule has 1 fully saturated rings. The molecular formula is C15H30N2O3. The fourth-order valence-electron chi connectivity index (χ4n) is 2.56. The van der Waals surface area contributed by atoms with Crippen LogP contribution in [0, 0.1) is 0 Å². The maximum Gasteiger partial charge on any atom is 0.410 e. The van der Waals surface area contributed by atoms with Crippen LogP contribution in [-0.4, -0.2) is 53.5 Å². The first-order valence-electron chi connectivity index (χ1n) is 7.67. The second-order valence-electron chi connectivity index (χ2n) is 6.64. The standard InChI is InChI=1S/C15H30N2O3/c1-12(16-8-6-10-18)11-13-7-5-9-17(13)14(19)20-15(2,3)4/h12-13,16,18H,5-11H2,1-4H3. The van der Waals surface area contributed by atoms with E-state index in [0.29, 0.717) is 6.04 Å². The normalized spacial score (nSPS) is 21.1. The molecule has 118 valence electrons. The van der Waals surface area contributed by atoms with Gasteiger partial charge in [-0.2, -0.15) is 0 Å². The molecule has 1 heterocycles. The Kier molecular flexibility index (Phi) is 6.76. The third-order valence-electron chi connectivity index (χ3n) is 3.46. The summed E-state index contributed by atoms with van der Waals surface area (Å²) >= 11 is 0. The molecule has 0 radical (unpaired) electrons. The Morgan fingerprint density at radius 1 is 1.50 bits per heavy atom. The molecule has 2 N–H and O–H groups in total. The van der Waals surface area contributed by atoms with Gasteiger partial charge in [0.05, 0.1) is 0 Å². The van der Waals surface area contributed by atoms with E-state index in [4.69, 9.17) is 9.84 Å². The van der Waals surface area contributed by atoms with Crippen molar-refractivity contribution in [2.45, 2.75) is 71.1 Å². The van der Waals surface area contributed by atoms with Crippen LogP contribution in [0.5, 0.6) is 0 Å². The zero-order valence-corrected chi connectivity index (χ0v) is 13.3. The average Bonchev–Trinajstić information content (AvgIpc) is 2.75. The van der Waals surface area contributed by atoms with Gasteiger partial charge in [0, 0.05) is 25.2 Å². The van der Waals surface area contributed by atoms with Gasteiger partial charge in [-0.1, -0.05) is 0 Å². The molecule has 0 bridgehead atoms. The zero-order chi connectivity index (χ0) is 15.2. The first-order chi connectivity index (χ1) is 9.33. The van der Waals surface area contributed by atoms with Gasteiger partial charge in [-0.25, -0.2) is 4.79 Å². The average molecular weight is 286 g/mol. The molecular weight excluding hydrogens is 256 g/mol. The Labute approximate surface area is 122 Å². The molecule has 5 heteroatoms. The predicted octanol–water partition coefficient (Wildman–Crippen LogP) is 2.14. The van der Waals surface area contributed by atoms with Crippen molar-refractivity contribution in [3.8, 4) is 0 Å². The lowest BCUT2D eigenvalue weighted by Gasteiger charge is -2.30. The SMILES string of the molecule is CC(CC1CCCN1C(=O)OC(C)(C)C)NCCCO. The second-order valence-corrected chi connectivity index (χ2v) is 6.64. The molecule has 1 saturated heterocycles. The van der Waals surface area contributed by atoms with Crippen molar-refractivity contribution in [1.82, 2.24) is 10.2 Å². The zero-order valence-electron chi connectivity index (χ0n) is 13.3. The summed E-state index contributed by atoms with van der Waals surface area (Å²) in [6, 6.07) is 0.607. The summed E-state index contributed by atoms with van der Waals surface area (Å²) in [5, 5.41) is 12.2. The van der Waals surface area contributed by atoms with Crippen molar-refractivity contribution in [2.75, 3.05) is 19.7 Å². The van der Waals surface area contributed by atoms with Gasteiger partial charge in [-0.05, 0) is 59.9 Å². The van der Waals surface area contributed by atoms with Crippen LogP contribution in [0.25, 0.3) is 0 Å². The van der Waals surface area contributed by atoms with Crippen LogP contribution < -0.4 is 5.32 Å².